The van der Waals surface area contributed by atoms with E-state index < -0.39 is 6.10 Å². The molecule has 4 aliphatic rings. The van der Waals surface area contributed by atoms with Gasteiger partial charge in [-0.1, -0.05) is 20.8 Å². The van der Waals surface area contributed by atoms with Gasteiger partial charge in [0.1, 0.15) is 12.2 Å². The summed E-state index contributed by atoms with van der Waals surface area (Å²) in [6, 6.07) is 0. The fourth-order valence-electron chi connectivity index (χ4n) is 8.95. The molecule has 1 N–H and O–H groups in total. The number of aliphatic hydroxyl groups excluding tert-OH is 1. The molecule has 0 heterocycles. The van der Waals surface area contributed by atoms with Crippen LogP contribution in [0, 0.1) is 46.3 Å². The largest absolute Gasteiger partial charge is 0.469 e. The first-order chi connectivity index (χ1) is 15.5. The smallest absolute Gasteiger partial charge is 0.305 e. The number of esters is 2. The second kappa shape index (κ2) is 8.98. The maximum atomic E-state index is 13.5. The average molecular weight is 463 g/mol. The molecule has 0 aromatic carbocycles. The molecule has 0 spiro atoms. The third-order valence-corrected chi connectivity index (χ3v) is 10.6. The highest BCUT2D eigenvalue weighted by Gasteiger charge is 2.65. The minimum Gasteiger partial charge on any atom is -0.469 e. The quantitative estimate of drug-likeness (QED) is 0.612. The number of hydrogen-bond donors (Lipinski definition) is 1. The third kappa shape index (κ3) is 4.04. The Kier molecular flexibility index (Phi) is 6.71. The zero-order valence-corrected chi connectivity index (χ0v) is 21.0. The van der Waals surface area contributed by atoms with Crippen LogP contribution in [0.2, 0.25) is 0 Å². The molecule has 33 heavy (non-hydrogen) atoms. The van der Waals surface area contributed by atoms with E-state index in [4.69, 9.17) is 9.47 Å². The van der Waals surface area contributed by atoms with Gasteiger partial charge >= 0.3 is 11.9 Å². The van der Waals surface area contributed by atoms with E-state index in [9.17, 15) is 19.5 Å². The number of carbonyl (C=O) groups is 3. The van der Waals surface area contributed by atoms with Crippen molar-refractivity contribution in [1.82, 2.24) is 0 Å². The van der Waals surface area contributed by atoms with Crippen molar-refractivity contribution in [2.24, 2.45) is 46.3 Å². The number of rotatable bonds is 5. The highest BCUT2D eigenvalue weighted by Crippen LogP contribution is 2.67. The van der Waals surface area contributed by atoms with Gasteiger partial charge in [-0.25, -0.2) is 0 Å². The molecule has 0 aromatic heterocycles. The third-order valence-electron chi connectivity index (χ3n) is 10.6. The molecular weight excluding hydrogens is 420 g/mol. The predicted octanol–water partition coefficient (Wildman–Crippen LogP) is 4.32. The molecule has 186 valence electrons. The van der Waals surface area contributed by atoms with Crippen LogP contribution in [0.4, 0.5) is 0 Å². The summed E-state index contributed by atoms with van der Waals surface area (Å²) in [7, 11) is 1.44. The van der Waals surface area contributed by atoms with Crippen LogP contribution in [0.3, 0.4) is 0 Å². The van der Waals surface area contributed by atoms with E-state index in [1.165, 1.54) is 14.0 Å². The Morgan fingerprint density at radius 1 is 1.09 bits per heavy atom. The number of Topliss-reactive ketones (excluding diaryl/α,β-unsaturated/α-hetero) is 1. The lowest BCUT2D eigenvalue weighted by Crippen LogP contribution is -2.62. The van der Waals surface area contributed by atoms with Gasteiger partial charge in [0.15, 0.2) is 5.78 Å². The number of aliphatic hydroxyl groups is 1. The second-order valence-corrected chi connectivity index (χ2v) is 12.0. The fourth-order valence-corrected chi connectivity index (χ4v) is 8.95. The van der Waals surface area contributed by atoms with Gasteiger partial charge in [-0.2, -0.15) is 0 Å². The predicted molar refractivity (Wildman–Crippen MR) is 123 cm³/mol. The number of hydrogen-bond acceptors (Lipinski definition) is 6. The molecule has 0 radical (unpaired) electrons. The van der Waals surface area contributed by atoms with E-state index in [0.717, 1.165) is 44.9 Å². The van der Waals surface area contributed by atoms with Crippen LogP contribution in [-0.4, -0.2) is 42.1 Å². The van der Waals surface area contributed by atoms with Crippen molar-refractivity contribution < 1.29 is 29.0 Å². The summed E-state index contributed by atoms with van der Waals surface area (Å²) in [6.45, 7) is 8.32. The van der Waals surface area contributed by atoms with E-state index in [-0.39, 0.29) is 46.5 Å². The SMILES string of the molecule is COC(=O)CC[C@@H](C)C1CCC2C3C(CC[C@@]21C)[C@@]1(C)CC[C@@H](OC(C)=O)CC1C(=O)[C@H]3O. The number of carbonyl (C=O) groups excluding carboxylic acids is 3. The van der Waals surface area contributed by atoms with Crippen molar-refractivity contribution >= 4 is 17.7 Å². The number of ketones is 1. The molecule has 4 rings (SSSR count). The van der Waals surface area contributed by atoms with Gasteiger partial charge in [-0.05, 0) is 91.8 Å². The summed E-state index contributed by atoms with van der Waals surface area (Å²) < 4.78 is 10.3. The van der Waals surface area contributed by atoms with Crippen LogP contribution >= 0.6 is 0 Å². The Hall–Kier alpha value is -1.43. The van der Waals surface area contributed by atoms with Gasteiger partial charge in [0.2, 0.25) is 0 Å². The monoisotopic (exact) mass is 462 g/mol. The Labute approximate surface area is 198 Å². The maximum Gasteiger partial charge on any atom is 0.305 e. The minimum absolute atomic E-state index is 0.0144. The van der Waals surface area contributed by atoms with Crippen molar-refractivity contribution in [2.45, 2.75) is 97.7 Å². The van der Waals surface area contributed by atoms with Gasteiger partial charge < -0.3 is 14.6 Å². The molecule has 0 aromatic rings. The highest BCUT2D eigenvalue weighted by atomic mass is 16.5. The van der Waals surface area contributed by atoms with Crippen LogP contribution in [-0.2, 0) is 23.9 Å². The Morgan fingerprint density at radius 3 is 2.42 bits per heavy atom. The summed E-state index contributed by atoms with van der Waals surface area (Å²) in [5, 5.41) is 11.4. The van der Waals surface area contributed by atoms with Gasteiger partial charge in [-0.15, -0.1) is 0 Å². The van der Waals surface area contributed by atoms with Crippen LogP contribution in [0.5, 0.6) is 0 Å². The van der Waals surface area contributed by atoms with Crippen LogP contribution in [0.1, 0.15) is 85.5 Å². The van der Waals surface area contributed by atoms with Crippen LogP contribution < -0.4 is 0 Å². The molecule has 6 heteroatoms. The maximum absolute atomic E-state index is 13.5. The molecular formula is C27H42O6. The number of fused-ring (bicyclic) bond motifs is 5. The molecule has 0 bridgehead atoms. The molecule has 0 aliphatic heterocycles. The van der Waals surface area contributed by atoms with Gasteiger partial charge in [-0.3, -0.25) is 14.4 Å². The van der Waals surface area contributed by atoms with Crippen molar-refractivity contribution in [3.05, 3.63) is 0 Å². The molecule has 4 saturated carbocycles. The highest BCUT2D eigenvalue weighted by molar-refractivity contribution is 5.87. The minimum atomic E-state index is -0.919. The lowest BCUT2D eigenvalue weighted by atomic mass is 9.43. The van der Waals surface area contributed by atoms with E-state index in [2.05, 4.69) is 20.8 Å². The van der Waals surface area contributed by atoms with Crippen LogP contribution in [0.25, 0.3) is 0 Å². The molecule has 4 fully saturated rings. The molecule has 4 aliphatic carbocycles. The summed E-state index contributed by atoms with van der Waals surface area (Å²) >= 11 is 0. The van der Waals surface area contributed by atoms with E-state index in [0.29, 0.717) is 36.5 Å². The van der Waals surface area contributed by atoms with Gasteiger partial charge in [0.05, 0.1) is 7.11 Å². The van der Waals surface area contributed by atoms with E-state index in [1.54, 1.807) is 0 Å². The first-order valence-electron chi connectivity index (χ1n) is 13.0. The molecule has 5 unspecified atom stereocenters. The summed E-state index contributed by atoms with van der Waals surface area (Å²) in [5.74, 6) is 0.893. The topological polar surface area (TPSA) is 89.9 Å². The standard InChI is InChI=1S/C27H42O6/c1-15(6-9-22(29)32-5)18-7-8-19-23-20(11-13-26(18,19)3)27(4)12-10-17(33-16(2)28)14-21(27)24(30)25(23)31/h15,17-21,23,25,31H,6-14H2,1-5H3/t15-,17-,18?,19?,20?,21?,23?,25+,26-,27-/m1/s1. The molecule has 0 amide bonds. The Bertz CT molecular complexity index is 793. The van der Waals surface area contributed by atoms with Crippen molar-refractivity contribution in [3.63, 3.8) is 0 Å². The van der Waals surface area contributed by atoms with Gasteiger partial charge in [0.25, 0.3) is 0 Å². The molecule has 0 saturated heterocycles. The van der Waals surface area contributed by atoms with Crippen LogP contribution in [0.15, 0.2) is 0 Å². The van der Waals surface area contributed by atoms with Gasteiger partial charge in [0, 0.05) is 19.3 Å². The lowest BCUT2D eigenvalue weighted by molar-refractivity contribution is -0.188. The number of methoxy groups -OCH3 is 1. The number of ether oxygens (including phenoxy) is 2. The van der Waals surface area contributed by atoms with E-state index in [1.807, 2.05) is 0 Å². The molecule has 10 atom stereocenters. The fraction of sp³-hybridized carbons (Fsp3) is 0.889. The molecule has 6 nitrogen and oxygen atoms in total. The van der Waals surface area contributed by atoms with Crippen molar-refractivity contribution in [1.29, 1.82) is 0 Å². The van der Waals surface area contributed by atoms with E-state index >= 15 is 0 Å². The lowest BCUT2D eigenvalue weighted by Gasteiger charge is -2.61. The summed E-state index contributed by atoms with van der Waals surface area (Å²) in [5.41, 5.74) is -0.0380. The summed E-state index contributed by atoms with van der Waals surface area (Å²) in [6.07, 6.45) is 6.66. The average Bonchev–Trinajstić information content (AvgIpc) is 3.13. The first-order valence-corrected chi connectivity index (χ1v) is 13.0. The second-order valence-electron chi connectivity index (χ2n) is 12.0. The Balaban J connectivity index is 1.54. The zero-order valence-electron chi connectivity index (χ0n) is 21.0. The Morgan fingerprint density at radius 2 is 1.76 bits per heavy atom. The van der Waals surface area contributed by atoms with Crippen molar-refractivity contribution in [3.8, 4) is 0 Å². The zero-order chi connectivity index (χ0) is 24.1. The summed E-state index contributed by atoms with van der Waals surface area (Å²) in [4.78, 5) is 36.7. The normalized spacial score (nSPS) is 45.4. The van der Waals surface area contributed by atoms with Crippen molar-refractivity contribution in [2.75, 3.05) is 7.11 Å². The first kappa shape index (κ1) is 24.7.